The molecule has 6 nitrogen and oxygen atoms in total. The lowest BCUT2D eigenvalue weighted by molar-refractivity contribution is -0.115. The maximum atomic E-state index is 13.1. The molecule has 33 heavy (non-hydrogen) atoms. The first-order chi connectivity index (χ1) is 15.9. The number of hydrogen-bond acceptors (Lipinski definition) is 5. The molecule has 0 aromatic heterocycles. The summed E-state index contributed by atoms with van der Waals surface area (Å²) in [6.07, 6.45) is 0.592. The normalized spacial score (nSPS) is 11.4. The van der Waals surface area contributed by atoms with Gasteiger partial charge in [0, 0.05) is 22.2 Å². The first kappa shape index (κ1) is 24.1. The molecule has 0 aliphatic heterocycles. The summed E-state index contributed by atoms with van der Waals surface area (Å²) in [6.45, 7) is 1.93. The van der Waals surface area contributed by atoms with Crippen LogP contribution < -0.4 is 20.1 Å². The molecule has 1 unspecified atom stereocenters. The van der Waals surface area contributed by atoms with Crippen molar-refractivity contribution in [3.05, 3.63) is 78.1 Å². The number of thioether (sulfide) groups is 1. The Morgan fingerprint density at radius 3 is 2.39 bits per heavy atom. The monoisotopic (exact) mass is 468 g/mol. The zero-order valence-electron chi connectivity index (χ0n) is 18.6. The van der Waals surface area contributed by atoms with Crippen LogP contribution in [0.1, 0.15) is 23.7 Å². The molecular formula is C25H25FN2O4S. The fourth-order valence-corrected chi connectivity index (χ4v) is 4.08. The minimum atomic E-state index is -0.402. The average molecular weight is 469 g/mol. The Hall–Kier alpha value is -3.52. The number of benzene rings is 3. The standard InChI is InChI=1S/C25H25FN2O4S/c1-4-23(25(30)28-21-15-19(31-2)12-13-22(21)32-3)33-20-7-5-6-18(14-20)27-24(29)16-8-10-17(26)11-9-16/h5-15,23H,4H2,1-3H3,(H,27,29)(H,28,30). The molecule has 2 amide bonds. The predicted octanol–water partition coefficient (Wildman–Crippen LogP) is 5.60. The minimum absolute atomic E-state index is 0.171. The van der Waals surface area contributed by atoms with Crippen LogP contribution in [0.4, 0.5) is 15.8 Å². The van der Waals surface area contributed by atoms with Crippen LogP contribution in [-0.2, 0) is 4.79 Å². The molecule has 172 valence electrons. The van der Waals surface area contributed by atoms with Gasteiger partial charge in [-0.1, -0.05) is 13.0 Å². The second-order valence-electron chi connectivity index (χ2n) is 7.06. The number of carbonyl (C=O) groups is 2. The van der Waals surface area contributed by atoms with Gasteiger partial charge in [0.2, 0.25) is 5.91 Å². The van der Waals surface area contributed by atoms with E-state index in [1.165, 1.54) is 43.1 Å². The number of methoxy groups -OCH3 is 2. The van der Waals surface area contributed by atoms with E-state index in [0.29, 0.717) is 34.9 Å². The van der Waals surface area contributed by atoms with Gasteiger partial charge >= 0.3 is 0 Å². The molecule has 3 aromatic rings. The van der Waals surface area contributed by atoms with Gasteiger partial charge < -0.3 is 20.1 Å². The van der Waals surface area contributed by atoms with Gasteiger partial charge in [0.05, 0.1) is 25.2 Å². The Labute approximate surface area is 196 Å². The molecule has 2 N–H and O–H groups in total. The first-order valence-electron chi connectivity index (χ1n) is 10.3. The van der Waals surface area contributed by atoms with Gasteiger partial charge in [-0.15, -0.1) is 11.8 Å². The molecule has 0 fully saturated rings. The molecule has 0 radical (unpaired) electrons. The van der Waals surface area contributed by atoms with Crippen molar-refractivity contribution in [2.45, 2.75) is 23.5 Å². The van der Waals surface area contributed by atoms with Gasteiger partial charge in [-0.05, 0) is 61.0 Å². The minimum Gasteiger partial charge on any atom is -0.497 e. The van der Waals surface area contributed by atoms with Gasteiger partial charge in [0.15, 0.2) is 0 Å². The zero-order valence-corrected chi connectivity index (χ0v) is 19.4. The molecule has 0 aliphatic rings. The average Bonchev–Trinajstić information content (AvgIpc) is 2.83. The molecule has 0 bridgehead atoms. The van der Waals surface area contributed by atoms with Gasteiger partial charge in [0.1, 0.15) is 17.3 Å². The van der Waals surface area contributed by atoms with E-state index < -0.39 is 5.82 Å². The first-order valence-corrected chi connectivity index (χ1v) is 11.2. The molecule has 0 heterocycles. The smallest absolute Gasteiger partial charge is 0.255 e. The Kier molecular flexibility index (Phi) is 8.32. The fraction of sp³-hybridized carbons (Fsp3) is 0.200. The maximum Gasteiger partial charge on any atom is 0.255 e. The second-order valence-corrected chi connectivity index (χ2v) is 8.34. The number of nitrogens with one attached hydrogen (secondary N) is 2. The van der Waals surface area contributed by atoms with Crippen LogP contribution in [-0.4, -0.2) is 31.3 Å². The Bertz CT molecular complexity index is 1120. The summed E-state index contributed by atoms with van der Waals surface area (Å²) < 4.78 is 23.7. The van der Waals surface area contributed by atoms with Crippen molar-refractivity contribution in [3.63, 3.8) is 0 Å². The third-order valence-corrected chi connectivity index (χ3v) is 6.16. The predicted molar refractivity (Wildman–Crippen MR) is 129 cm³/mol. The van der Waals surface area contributed by atoms with Crippen LogP contribution in [0.15, 0.2) is 71.6 Å². The van der Waals surface area contributed by atoms with Crippen molar-refractivity contribution >= 4 is 35.0 Å². The summed E-state index contributed by atoms with van der Waals surface area (Å²) >= 11 is 1.39. The summed E-state index contributed by atoms with van der Waals surface area (Å²) in [5.41, 5.74) is 1.47. The van der Waals surface area contributed by atoms with E-state index in [2.05, 4.69) is 10.6 Å². The lowest BCUT2D eigenvalue weighted by Crippen LogP contribution is -2.24. The van der Waals surface area contributed by atoms with Crippen molar-refractivity contribution in [2.75, 3.05) is 24.9 Å². The van der Waals surface area contributed by atoms with E-state index in [1.807, 2.05) is 13.0 Å². The van der Waals surface area contributed by atoms with E-state index in [0.717, 1.165) is 4.90 Å². The van der Waals surface area contributed by atoms with Crippen molar-refractivity contribution in [3.8, 4) is 11.5 Å². The van der Waals surface area contributed by atoms with Crippen molar-refractivity contribution in [1.29, 1.82) is 0 Å². The van der Waals surface area contributed by atoms with Gasteiger partial charge in [-0.3, -0.25) is 9.59 Å². The lowest BCUT2D eigenvalue weighted by Gasteiger charge is -2.17. The third kappa shape index (κ3) is 6.49. The van der Waals surface area contributed by atoms with Crippen LogP contribution in [0, 0.1) is 5.82 Å². The van der Waals surface area contributed by atoms with Gasteiger partial charge in [-0.25, -0.2) is 4.39 Å². The van der Waals surface area contributed by atoms with E-state index in [-0.39, 0.29) is 17.1 Å². The highest BCUT2D eigenvalue weighted by atomic mass is 32.2. The summed E-state index contributed by atoms with van der Waals surface area (Å²) in [4.78, 5) is 26.2. The van der Waals surface area contributed by atoms with Crippen molar-refractivity contribution in [2.24, 2.45) is 0 Å². The highest BCUT2D eigenvalue weighted by Gasteiger charge is 2.20. The number of carbonyl (C=O) groups excluding carboxylic acids is 2. The van der Waals surface area contributed by atoms with Crippen LogP contribution in [0.5, 0.6) is 11.5 Å². The number of amides is 2. The Morgan fingerprint density at radius 2 is 1.73 bits per heavy atom. The Balaban J connectivity index is 1.69. The summed E-state index contributed by atoms with van der Waals surface area (Å²) in [6, 6.07) is 17.8. The lowest BCUT2D eigenvalue weighted by atomic mass is 10.2. The van der Waals surface area contributed by atoms with Gasteiger partial charge in [-0.2, -0.15) is 0 Å². The largest absolute Gasteiger partial charge is 0.497 e. The van der Waals surface area contributed by atoms with E-state index >= 15 is 0 Å². The summed E-state index contributed by atoms with van der Waals surface area (Å²) in [5.74, 6) is 0.230. The van der Waals surface area contributed by atoms with Crippen molar-refractivity contribution < 1.29 is 23.5 Å². The molecule has 0 spiro atoms. The van der Waals surface area contributed by atoms with E-state index in [4.69, 9.17) is 9.47 Å². The number of hydrogen-bond donors (Lipinski definition) is 2. The second kappa shape index (κ2) is 11.4. The topological polar surface area (TPSA) is 76.7 Å². The highest BCUT2D eigenvalue weighted by Crippen LogP contribution is 2.32. The molecule has 1 atom stereocenters. The molecule has 0 aliphatic carbocycles. The molecular weight excluding hydrogens is 443 g/mol. The summed E-state index contributed by atoms with van der Waals surface area (Å²) in [5, 5.41) is 5.34. The van der Waals surface area contributed by atoms with Crippen molar-refractivity contribution in [1.82, 2.24) is 0 Å². The van der Waals surface area contributed by atoms with Crippen LogP contribution in [0.2, 0.25) is 0 Å². The van der Waals surface area contributed by atoms with Crippen LogP contribution in [0.25, 0.3) is 0 Å². The quantitative estimate of drug-likeness (QED) is 0.400. The summed E-state index contributed by atoms with van der Waals surface area (Å²) in [7, 11) is 3.09. The van der Waals surface area contributed by atoms with Gasteiger partial charge in [0.25, 0.3) is 5.91 Å². The Morgan fingerprint density at radius 1 is 0.970 bits per heavy atom. The number of rotatable bonds is 9. The number of halogens is 1. The highest BCUT2D eigenvalue weighted by molar-refractivity contribution is 8.00. The van der Waals surface area contributed by atoms with Crippen LogP contribution in [0.3, 0.4) is 0 Å². The molecule has 3 rings (SSSR count). The van der Waals surface area contributed by atoms with Crippen LogP contribution >= 0.6 is 11.8 Å². The molecule has 0 saturated carbocycles. The zero-order chi connectivity index (χ0) is 23.8. The molecule has 0 saturated heterocycles. The number of ether oxygens (including phenoxy) is 2. The third-order valence-electron chi connectivity index (χ3n) is 4.80. The molecule has 3 aromatic carbocycles. The van der Waals surface area contributed by atoms with E-state index in [1.54, 1.807) is 43.5 Å². The maximum absolute atomic E-state index is 13.1. The SMILES string of the molecule is CCC(Sc1cccc(NC(=O)c2ccc(F)cc2)c1)C(=O)Nc1cc(OC)ccc1OC. The fourth-order valence-electron chi connectivity index (χ4n) is 3.06. The van der Waals surface area contributed by atoms with E-state index in [9.17, 15) is 14.0 Å². The molecule has 8 heteroatoms. The number of anilines is 2.